The van der Waals surface area contributed by atoms with E-state index in [1.54, 1.807) is 18.2 Å². The number of benzene rings is 3. The van der Waals surface area contributed by atoms with Crippen molar-refractivity contribution in [3.63, 3.8) is 0 Å². The van der Waals surface area contributed by atoms with E-state index in [-0.39, 0.29) is 39.8 Å². The number of nitrogens with zero attached hydrogens (tertiary/aromatic N) is 1. The molecule has 4 rings (SSSR count). The third-order valence-corrected chi connectivity index (χ3v) is 6.02. The quantitative estimate of drug-likeness (QED) is 0.288. The Kier molecular flexibility index (Phi) is 6.37. The second-order valence-corrected chi connectivity index (χ2v) is 8.25. The molecule has 0 N–H and O–H groups in total. The van der Waals surface area contributed by atoms with Crippen molar-refractivity contribution in [3.8, 4) is 17.2 Å². The van der Waals surface area contributed by atoms with E-state index in [1.165, 1.54) is 26.0 Å². The fourth-order valence-electron chi connectivity index (χ4n) is 3.62. The van der Waals surface area contributed by atoms with Gasteiger partial charge in [-0.25, -0.2) is 0 Å². The summed E-state index contributed by atoms with van der Waals surface area (Å²) < 4.78 is 15.9. The summed E-state index contributed by atoms with van der Waals surface area (Å²) in [5.41, 5.74) is 1.46. The summed E-state index contributed by atoms with van der Waals surface area (Å²) in [7, 11) is 2.87. The molecule has 3 aromatic rings. The van der Waals surface area contributed by atoms with Gasteiger partial charge in [0.15, 0.2) is 11.5 Å². The van der Waals surface area contributed by atoms with E-state index in [0.29, 0.717) is 5.56 Å². The highest BCUT2D eigenvalue weighted by atomic mass is 32.2. The average Bonchev–Trinajstić information content (AvgIpc) is 3.06. The number of esters is 1. The summed E-state index contributed by atoms with van der Waals surface area (Å²) in [5.74, 6) is -0.209. The van der Waals surface area contributed by atoms with Gasteiger partial charge < -0.3 is 14.2 Å². The molecule has 0 bridgehead atoms. The molecule has 8 heteroatoms. The summed E-state index contributed by atoms with van der Waals surface area (Å²) in [4.78, 5) is 38.7. The smallest absolute Gasteiger partial charge is 0.308 e. The minimum Gasteiger partial charge on any atom is -0.493 e. The number of rotatable bonds is 6. The zero-order valence-electron chi connectivity index (χ0n) is 18.3. The highest BCUT2D eigenvalue weighted by molar-refractivity contribution is 8.18. The van der Waals surface area contributed by atoms with Crippen LogP contribution in [-0.4, -0.2) is 36.2 Å². The van der Waals surface area contributed by atoms with Gasteiger partial charge in [-0.1, -0.05) is 42.5 Å². The Hall–Kier alpha value is -3.78. The van der Waals surface area contributed by atoms with E-state index < -0.39 is 5.97 Å². The van der Waals surface area contributed by atoms with Crippen molar-refractivity contribution in [2.45, 2.75) is 13.5 Å². The summed E-state index contributed by atoms with van der Waals surface area (Å²) in [6, 6.07) is 16.9. The van der Waals surface area contributed by atoms with Crippen LogP contribution in [0.5, 0.6) is 17.2 Å². The number of amides is 2. The first-order valence-corrected chi connectivity index (χ1v) is 10.9. The van der Waals surface area contributed by atoms with Gasteiger partial charge in [0.2, 0.25) is 5.75 Å². The Morgan fingerprint density at radius 1 is 1.00 bits per heavy atom. The topological polar surface area (TPSA) is 82.1 Å². The number of carbonyl (C=O) groups excluding carboxylic acids is 3. The van der Waals surface area contributed by atoms with Gasteiger partial charge >= 0.3 is 5.97 Å². The summed E-state index contributed by atoms with van der Waals surface area (Å²) in [6.07, 6.45) is 1.59. The third kappa shape index (κ3) is 4.56. The molecule has 1 heterocycles. The van der Waals surface area contributed by atoms with Crippen molar-refractivity contribution in [1.29, 1.82) is 0 Å². The molecule has 1 fully saturated rings. The van der Waals surface area contributed by atoms with Crippen molar-refractivity contribution in [2.75, 3.05) is 14.2 Å². The SMILES string of the molecule is COc1cc(/C=C2\SC(=O)N(Cc3cccc4ccccc34)C2=O)cc(OC)c1OC(C)=O. The molecule has 0 unspecified atom stereocenters. The highest BCUT2D eigenvalue weighted by Crippen LogP contribution is 2.41. The van der Waals surface area contributed by atoms with Crippen molar-refractivity contribution in [1.82, 2.24) is 4.90 Å². The fourth-order valence-corrected chi connectivity index (χ4v) is 4.45. The molecule has 3 aromatic carbocycles. The van der Waals surface area contributed by atoms with E-state index >= 15 is 0 Å². The zero-order chi connectivity index (χ0) is 23.5. The molecule has 0 aromatic heterocycles. The predicted molar refractivity (Wildman–Crippen MR) is 126 cm³/mol. The van der Waals surface area contributed by atoms with Gasteiger partial charge in [0.1, 0.15) is 0 Å². The number of hydrogen-bond donors (Lipinski definition) is 0. The molecule has 0 saturated carbocycles. The van der Waals surface area contributed by atoms with Crippen LogP contribution in [0.4, 0.5) is 4.79 Å². The second-order valence-electron chi connectivity index (χ2n) is 7.25. The lowest BCUT2D eigenvalue weighted by Crippen LogP contribution is -2.27. The van der Waals surface area contributed by atoms with Crippen LogP contribution >= 0.6 is 11.8 Å². The second kappa shape index (κ2) is 9.38. The molecule has 168 valence electrons. The normalized spacial score (nSPS) is 14.8. The molecular formula is C25H21NO6S. The minimum absolute atomic E-state index is 0.147. The maximum Gasteiger partial charge on any atom is 0.308 e. The summed E-state index contributed by atoms with van der Waals surface area (Å²) in [6.45, 7) is 1.46. The van der Waals surface area contributed by atoms with E-state index in [9.17, 15) is 14.4 Å². The zero-order valence-corrected chi connectivity index (χ0v) is 19.1. The van der Waals surface area contributed by atoms with E-state index in [0.717, 1.165) is 28.1 Å². The summed E-state index contributed by atoms with van der Waals surface area (Å²) in [5, 5.41) is 1.71. The maximum absolute atomic E-state index is 13.1. The molecule has 1 saturated heterocycles. The standard InChI is InChI=1S/C25H21NO6S/c1-15(27)32-23-20(30-2)11-16(12-21(23)31-3)13-22-24(28)26(25(29)33-22)14-18-9-6-8-17-7-4-5-10-19(17)18/h4-13H,14H2,1-3H3/b22-13-. The van der Waals surface area contributed by atoms with Crippen LogP contribution in [0.1, 0.15) is 18.1 Å². The average molecular weight is 464 g/mol. The number of methoxy groups -OCH3 is 2. The first-order chi connectivity index (χ1) is 15.9. The Morgan fingerprint density at radius 2 is 1.67 bits per heavy atom. The van der Waals surface area contributed by atoms with Gasteiger partial charge in [-0.15, -0.1) is 0 Å². The molecule has 0 atom stereocenters. The van der Waals surface area contributed by atoms with Crippen LogP contribution in [0.2, 0.25) is 0 Å². The van der Waals surface area contributed by atoms with Gasteiger partial charge in [-0.3, -0.25) is 19.3 Å². The Labute approximate surface area is 194 Å². The number of imide groups is 1. The lowest BCUT2D eigenvalue weighted by molar-refractivity contribution is -0.132. The molecule has 0 spiro atoms. The molecular weight excluding hydrogens is 442 g/mol. The van der Waals surface area contributed by atoms with Crippen molar-refractivity contribution < 1.29 is 28.6 Å². The van der Waals surface area contributed by atoms with Crippen molar-refractivity contribution >= 4 is 45.7 Å². The van der Waals surface area contributed by atoms with Gasteiger partial charge in [-0.2, -0.15) is 0 Å². The third-order valence-electron chi connectivity index (χ3n) is 5.11. The van der Waals surface area contributed by atoms with Crippen LogP contribution in [0.25, 0.3) is 16.8 Å². The first kappa shape index (κ1) is 22.4. The Morgan fingerprint density at radius 3 is 2.33 bits per heavy atom. The molecule has 0 aliphatic carbocycles. The molecule has 33 heavy (non-hydrogen) atoms. The van der Waals surface area contributed by atoms with E-state index in [2.05, 4.69) is 0 Å². The predicted octanol–water partition coefficient (Wildman–Crippen LogP) is 5.02. The summed E-state index contributed by atoms with van der Waals surface area (Å²) >= 11 is 0.875. The lowest BCUT2D eigenvalue weighted by atomic mass is 10.0. The number of carbonyl (C=O) groups is 3. The number of ether oxygens (including phenoxy) is 3. The maximum atomic E-state index is 13.1. The van der Waals surface area contributed by atoms with Gasteiger partial charge in [-0.05, 0) is 51.9 Å². The van der Waals surface area contributed by atoms with Gasteiger partial charge in [0, 0.05) is 6.92 Å². The van der Waals surface area contributed by atoms with Crippen LogP contribution < -0.4 is 14.2 Å². The number of fused-ring (bicyclic) bond motifs is 1. The van der Waals surface area contributed by atoms with Crippen LogP contribution in [0, 0.1) is 0 Å². The van der Waals surface area contributed by atoms with Gasteiger partial charge in [0.05, 0.1) is 25.7 Å². The first-order valence-electron chi connectivity index (χ1n) is 10.1. The van der Waals surface area contributed by atoms with Gasteiger partial charge in [0.25, 0.3) is 11.1 Å². The van der Waals surface area contributed by atoms with Crippen molar-refractivity contribution in [2.24, 2.45) is 0 Å². The Balaban J connectivity index is 1.64. The lowest BCUT2D eigenvalue weighted by Gasteiger charge is -2.14. The molecule has 0 radical (unpaired) electrons. The Bertz CT molecular complexity index is 1270. The molecule has 1 aliphatic heterocycles. The fraction of sp³-hybridized carbons (Fsp3) is 0.160. The molecule has 2 amide bonds. The van der Waals surface area contributed by atoms with Crippen LogP contribution in [0.15, 0.2) is 59.5 Å². The monoisotopic (exact) mass is 463 g/mol. The minimum atomic E-state index is -0.520. The van der Waals surface area contributed by atoms with E-state index in [4.69, 9.17) is 14.2 Å². The van der Waals surface area contributed by atoms with E-state index in [1.807, 2.05) is 42.5 Å². The largest absolute Gasteiger partial charge is 0.493 e. The van der Waals surface area contributed by atoms with Crippen LogP contribution in [0.3, 0.4) is 0 Å². The number of hydrogen-bond acceptors (Lipinski definition) is 7. The van der Waals surface area contributed by atoms with Crippen LogP contribution in [-0.2, 0) is 16.1 Å². The highest BCUT2D eigenvalue weighted by Gasteiger charge is 2.35. The molecule has 1 aliphatic rings. The van der Waals surface area contributed by atoms with Crippen molar-refractivity contribution in [3.05, 3.63) is 70.6 Å². The molecule has 7 nitrogen and oxygen atoms in total. The number of thioether (sulfide) groups is 1.